The molecule has 3 aromatic rings. The van der Waals surface area contributed by atoms with Gasteiger partial charge >= 0.3 is 5.97 Å². The lowest BCUT2D eigenvalue weighted by Gasteiger charge is -2.41. The monoisotopic (exact) mass is 431 g/mol. The quantitative estimate of drug-likeness (QED) is 0.329. The number of benzene rings is 3. The van der Waals surface area contributed by atoms with E-state index in [1.165, 1.54) is 30.4 Å². The minimum atomic E-state index is -0.572. The lowest BCUT2D eigenvalue weighted by molar-refractivity contribution is -0.384. The highest BCUT2D eigenvalue weighted by molar-refractivity contribution is 5.96. The largest absolute Gasteiger partial charge is 0.465 e. The summed E-state index contributed by atoms with van der Waals surface area (Å²) in [4.78, 5) is 27.5. The van der Waals surface area contributed by atoms with E-state index in [9.17, 15) is 14.9 Å². The Labute approximate surface area is 187 Å². The van der Waals surface area contributed by atoms with Crippen LogP contribution < -0.4 is 4.90 Å². The molecule has 4 rings (SSSR count). The number of methoxy groups -OCH3 is 1. The van der Waals surface area contributed by atoms with Gasteiger partial charge < -0.3 is 9.64 Å². The minimum absolute atomic E-state index is 0.124. The fourth-order valence-corrected chi connectivity index (χ4v) is 4.29. The highest BCUT2D eigenvalue weighted by Crippen LogP contribution is 2.32. The van der Waals surface area contributed by atoms with Crippen LogP contribution in [0.5, 0.6) is 0 Å². The summed E-state index contributed by atoms with van der Waals surface area (Å²) in [5, 5.41) is 11.2. The Morgan fingerprint density at radius 3 is 1.97 bits per heavy atom. The van der Waals surface area contributed by atoms with Crippen LogP contribution in [-0.2, 0) is 4.74 Å². The molecule has 164 valence electrons. The van der Waals surface area contributed by atoms with Gasteiger partial charge in [-0.2, -0.15) is 0 Å². The number of anilines is 1. The van der Waals surface area contributed by atoms with Gasteiger partial charge in [0.15, 0.2) is 0 Å². The third-order valence-corrected chi connectivity index (χ3v) is 5.85. The van der Waals surface area contributed by atoms with Crippen LogP contribution in [0.4, 0.5) is 11.4 Å². The Hall–Kier alpha value is -3.71. The van der Waals surface area contributed by atoms with Gasteiger partial charge in [0.05, 0.1) is 29.3 Å². The van der Waals surface area contributed by atoms with Crippen LogP contribution in [0, 0.1) is 10.1 Å². The first kappa shape index (κ1) is 21.5. The fraction of sp³-hybridized carbons (Fsp3) is 0.240. The number of carbonyl (C=O) groups is 1. The van der Waals surface area contributed by atoms with Crippen LogP contribution in [0.1, 0.15) is 27.5 Å². The molecule has 0 atom stereocenters. The van der Waals surface area contributed by atoms with Crippen molar-refractivity contribution in [2.75, 3.05) is 38.2 Å². The average Bonchev–Trinajstić information content (AvgIpc) is 2.85. The third kappa shape index (κ3) is 4.48. The van der Waals surface area contributed by atoms with Gasteiger partial charge in [-0.15, -0.1) is 0 Å². The maximum Gasteiger partial charge on any atom is 0.340 e. The van der Waals surface area contributed by atoms with Gasteiger partial charge in [-0.1, -0.05) is 60.7 Å². The number of non-ortho nitro benzene ring substituents is 1. The molecule has 0 saturated carbocycles. The number of nitrogens with zero attached hydrogens (tertiary/aromatic N) is 3. The van der Waals surface area contributed by atoms with Crippen molar-refractivity contribution < 1.29 is 14.5 Å². The van der Waals surface area contributed by atoms with E-state index < -0.39 is 10.9 Å². The first-order valence-corrected chi connectivity index (χ1v) is 10.5. The van der Waals surface area contributed by atoms with Crippen LogP contribution in [0.25, 0.3) is 0 Å². The highest BCUT2D eigenvalue weighted by atomic mass is 16.6. The summed E-state index contributed by atoms with van der Waals surface area (Å²) in [5.41, 5.74) is 3.23. The van der Waals surface area contributed by atoms with Crippen molar-refractivity contribution in [2.45, 2.75) is 6.04 Å². The summed E-state index contributed by atoms with van der Waals surface area (Å²) in [7, 11) is 1.28. The van der Waals surface area contributed by atoms with Crippen molar-refractivity contribution in [3.05, 3.63) is 106 Å². The van der Waals surface area contributed by atoms with Gasteiger partial charge in [-0.05, 0) is 17.2 Å². The zero-order chi connectivity index (χ0) is 22.5. The molecule has 7 nitrogen and oxygen atoms in total. The fourth-order valence-electron chi connectivity index (χ4n) is 4.29. The summed E-state index contributed by atoms with van der Waals surface area (Å²) in [5.74, 6) is -0.572. The molecule has 3 aromatic carbocycles. The summed E-state index contributed by atoms with van der Waals surface area (Å²) in [6.07, 6.45) is 0. The second kappa shape index (κ2) is 9.62. The second-order valence-electron chi connectivity index (χ2n) is 7.70. The molecule has 0 unspecified atom stereocenters. The van der Waals surface area contributed by atoms with Gasteiger partial charge in [-0.25, -0.2) is 4.79 Å². The Morgan fingerprint density at radius 1 is 0.906 bits per heavy atom. The Morgan fingerprint density at radius 2 is 1.47 bits per heavy atom. The average molecular weight is 431 g/mol. The number of nitro benzene ring substituents is 1. The van der Waals surface area contributed by atoms with Crippen molar-refractivity contribution in [1.82, 2.24) is 4.90 Å². The molecule has 0 spiro atoms. The van der Waals surface area contributed by atoms with Crippen LogP contribution in [-0.4, -0.2) is 49.1 Å². The van der Waals surface area contributed by atoms with Crippen LogP contribution in [0.3, 0.4) is 0 Å². The molecule has 1 fully saturated rings. The summed E-state index contributed by atoms with van der Waals surface area (Å²) in [6.45, 7) is 2.95. The smallest absolute Gasteiger partial charge is 0.340 e. The van der Waals surface area contributed by atoms with E-state index >= 15 is 0 Å². The highest BCUT2D eigenvalue weighted by Gasteiger charge is 2.28. The third-order valence-electron chi connectivity index (χ3n) is 5.85. The molecular formula is C25H25N3O4. The van der Waals surface area contributed by atoms with Crippen LogP contribution in [0.2, 0.25) is 0 Å². The van der Waals surface area contributed by atoms with Gasteiger partial charge in [-0.3, -0.25) is 15.0 Å². The zero-order valence-corrected chi connectivity index (χ0v) is 17.9. The number of rotatable bonds is 6. The zero-order valence-electron chi connectivity index (χ0n) is 17.9. The van der Waals surface area contributed by atoms with Gasteiger partial charge in [0.25, 0.3) is 5.69 Å². The number of esters is 1. The van der Waals surface area contributed by atoms with Crippen molar-refractivity contribution in [1.29, 1.82) is 0 Å². The molecule has 0 amide bonds. The molecule has 1 heterocycles. The predicted octanol–water partition coefficient (Wildman–Crippen LogP) is 4.29. The van der Waals surface area contributed by atoms with E-state index in [1.807, 2.05) is 12.1 Å². The molecule has 0 bridgehead atoms. The number of ether oxygens (including phenoxy) is 1. The van der Waals surface area contributed by atoms with Crippen molar-refractivity contribution in [3.63, 3.8) is 0 Å². The Balaban J connectivity index is 1.58. The van der Waals surface area contributed by atoms with E-state index in [-0.39, 0.29) is 17.3 Å². The SMILES string of the molecule is COC(=O)c1cc([N+](=O)[O-])ccc1N1CCN(C(c2ccccc2)c2ccccc2)CC1. The lowest BCUT2D eigenvalue weighted by Crippen LogP contribution is -2.48. The first-order chi connectivity index (χ1) is 15.6. The first-order valence-electron chi connectivity index (χ1n) is 10.5. The van der Waals surface area contributed by atoms with Gasteiger partial charge in [0.1, 0.15) is 0 Å². The topological polar surface area (TPSA) is 75.9 Å². The van der Waals surface area contributed by atoms with Gasteiger partial charge in [0, 0.05) is 38.3 Å². The maximum atomic E-state index is 12.3. The van der Waals surface area contributed by atoms with Crippen LogP contribution >= 0.6 is 0 Å². The van der Waals surface area contributed by atoms with Crippen molar-refractivity contribution >= 4 is 17.3 Å². The predicted molar refractivity (Wildman–Crippen MR) is 123 cm³/mol. The molecule has 32 heavy (non-hydrogen) atoms. The minimum Gasteiger partial charge on any atom is -0.465 e. The number of piperazine rings is 1. The summed E-state index contributed by atoms with van der Waals surface area (Å²) in [6, 6.07) is 25.4. The number of nitro groups is 1. The number of carbonyl (C=O) groups excluding carboxylic acids is 1. The van der Waals surface area contributed by atoms with E-state index in [1.54, 1.807) is 6.07 Å². The molecule has 1 saturated heterocycles. The van der Waals surface area contributed by atoms with E-state index in [0.29, 0.717) is 18.8 Å². The summed E-state index contributed by atoms with van der Waals surface area (Å²) >= 11 is 0. The Kier molecular flexibility index (Phi) is 6.47. The normalized spacial score (nSPS) is 14.4. The molecule has 0 aromatic heterocycles. The maximum absolute atomic E-state index is 12.3. The van der Waals surface area contributed by atoms with E-state index in [4.69, 9.17) is 4.74 Å². The van der Waals surface area contributed by atoms with E-state index in [0.717, 1.165) is 13.1 Å². The molecule has 7 heteroatoms. The molecule has 1 aliphatic heterocycles. The molecule has 0 radical (unpaired) electrons. The van der Waals surface area contributed by atoms with Crippen molar-refractivity contribution in [2.24, 2.45) is 0 Å². The Bertz CT molecular complexity index is 1040. The van der Waals surface area contributed by atoms with Gasteiger partial charge in [0.2, 0.25) is 0 Å². The standard InChI is InChI=1S/C25H25N3O4/c1-32-25(29)22-18-21(28(30)31)12-13-23(22)26-14-16-27(17-15-26)24(19-8-4-2-5-9-19)20-10-6-3-7-11-20/h2-13,18,24H,14-17H2,1H3. The van der Waals surface area contributed by atoms with Crippen molar-refractivity contribution in [3.8, 4) is 0 Å². The molecule has 0 aliphatic carbocycles. The summed E-state index contributed by atoms with van der Waals surface area (Å²) < 4.78 is 4.88. The van der Waals surface area contributed by atoms with E-state index in [2.05, 4.69) is 58.3 Å². The molecule has 1 aliphatic rings. The number of hydrogen-bond acceptors (Lipinski definition) is 6. The second-order valence-corrected chi connectivity index (χ2v) is 7.70. The number of hydrogen-bond donors (Lipinski definition) is 0. The van der Waals surface area contributed by atoms with Crippen LogP contribution in [0.15, 0.2) is 78.9 Å². The molecule has 0 N–H and O–H groups in total. The molecular weight excluding hydrogens is 406 g/mol. The lowest BCUT2D eigenvalue weighted by atomic mass is 9.96.